The van der Waals surface area contributed by atoms with Crippen LogP contribution in [0.3, 0.4) is 0 Å². The number of carbonyl (C=O) groups excluding carboxylic acids is 4. The highest BCUT2D eigenvalue weighted by Gasteiger charge is 2.66. The number of amides is 3. The second-order valence-corrected chi connectivity index (χ2v) is 13.5. The first-order chi connectivity index (χ1) is 19.2. The topological polar surface area (TPSA) is 84.0 Å². The monoisotopic (exact) mass is 670 g/mol. The highest BCUT2D eigenvalue weighted by atomic mass is 79.9. The number of imide groups is 1. The predicted octanol–water partition coefficient (Wildman–Crippen LogP) is 5.36. The minimum Gasteiger partial charge on any atom is -0.426 e. The van der Waals surface area contributed by atoms with Gasteiger partial charge in [0.2, 0.25) is 17.7 Å². The number of rotatable bonds is 6. The molecule has 4 aliphatic rings. The number of halogens is 2. The lowest BCUT2D eigenvalue weighted by Crippen LogP contribution is -2.37. The van der Waals surface area contributed by atoms with Crippen LogP contribution in [-0.2, 0) is 32.0 Å². The van der Waals surface area contributed by atoms with Crippen LogP contribution in [0.5, 0.6) is 5.75 Å². The van der Waals surface area contributed by atoms with E-state index in [1.165, 1.54) is 4.90 Å². The summed E-state index contributed by atoms with van der Waals surface area (Å²) in [5.74, 6) is -1.34. The van der Waals surface area contributed by atoms with Crippen LogP contribution in [0.2, 0.25) is 0 Å². The van der Waals surface area contributed by atoms with E-state index >= 15 is 0 Å². The first kappa shape index (κ1) is 27.6. The average molecular weight is 672 g/mol. The molecule has 2 saturated heterocycles. The van der Waals surface area contributed by atoms with Gasteiger partial charge >= 0.3 is 5.97 Å². The zero-order valence-electron chi connectivity index (χ0n) is 22.7. The van der Waals surface area contributed by atoms with Crippen LogP contribution in [0.4, 0.5) is 11.4 Å². The molecule has 2 aromatic carbocycles. The lowest BCUT2D eigenvalue weighted by molar-refractivity contribution is -0.139. The van der Waals surface area contributed by atoms with Gasteiger partial charge in [-0.25, -0.2) is 4.90 Å². The lowest BCUT2D eigenvalue weighted by atomic mass is 9.81. The number of anilines is 2. The molecule has 2 heterocycles. The van der Waals surface area contributed by atoms with Crippen LogP contribution in [0, 0.1) is 36.5 Å². The molecule has 3 amide bonds. The number of fused-ring (bicyclic) bond motifs is 5. The van der Waals surface area contributed by atoms with Gasteiger partial charge < -0.3 is 9.64 Å². The van der Waals surface area contributed by atoms with E-state index in [9.17, 15) is 19.2 Å². The second-order valence-electron chi connectivity index (χ2n) is 11.4. The molecule has 0 N–H and O–H groups in total. The summed E-state index contributed by atoms with van der Waals surface area (Å²) >= 11 is 7.46. The molecule has 0 aromatic heterocycles. The first-order valence-electron chi connectivity index (χ1n) is 14.1. The lowest BCUT2D eigenvalue weighted by Gasteiger charge is -2.28. The number of carbonyl (C=O) groups is 4. The van der Waals surface area contributed by atoms with Gasteiger partial charge in [0.25, 0.3) is 0 Å². The average Bonchev–Trinajstić information content (AvgIpc) is 3.66. The van der Waals surface area contributed by atoms with E-state index in [-0.39, 0.29) is 64.0 Å². The standard InChI is InChI=1S/C31H32Br2N2O5/c1-4-16-7-6-8-17(5-2)28(16)34-14-18(12-23(34)36)31(39)40-19-9-10-22(15(3)11-19)35-29(37)24-20-13-21(25(24)30(35)38)27(33)26(20)32/h6-11,18,20-21,24-27H,4-5,12-14H2,1-3H3/t18-,20-,21-,24-,25+,26-,27+/m1/s1. The number of esters is 1. The van der Waals surface area contributed by atoms with Crippen molar-refractivity contribution in [2.45, 2.75) is 56.1 Å². The van der Waals surface area contributed by atoms with E-state index in [0.29, 0.717) is 17.0 Å². The van der Waals surface area contributed by atoms with Crippen molar-refractivity contribution in [2.24, 2.45) is 29.6 Å². The molecule has 2 aliphatic heterocycles. The Labute approximate surface area is 250 Å². The van der Waals surface area contributed by atoms with Gasteiger partial charge in [-0.15, -0.1) is 0 Å². The third-order valence-electron chi connectivity index (χ3n) is 9.31. The molecule has 2 aromatic rings. The van der Waals surface area contributed by atoms with Crippen molar-refractivity contribution >= 4 is 66.9 Å². The van der Waals surface area contributed by atoms with E-state index in [4.69, 9.17) is 4.74 Å². The predicted molar refractivity (Wildman–Crippen MR) is 159 cm³/mol. The molecule has 2 saturated carbocycles. The molecule has 6 rings (SSSR count). The summed E-state index contributed by atoms with van der Waals surface area (Å²) in [4.78, 5) is 56.5. The summed E-state index contributed by atoms with van der Waals surface area (Å²) in [6.07, 6.45) is 2.57. The fraction of sp³-hybridized carbons (Fsp3) is 0.484. The molecule has 7 atom stereocenters. The third kappa shape index (κ3) is 4.18. The summed E-state index contributed by atoms with van der Waals surface area (Å²) in [5.41, 5.74) is 4.32. The number of alkyl halides is 2. The van der Waals surface area contributed by atoms with Crippen LogP contribution < -0.4 is 14.5 Å². The smallest absolute Gasteiger partial charge is 0.316 e. The number of hydrogen-bond donors (Lipinski definition) is 0. The van der Waals surface area contributed by atoms with Crippen molar-refractivity contribution in [3.8, 4) is 5.75 Å². The van der Waals surface area contributed by atoms with Gasteiger partial charge in [-0.05, 0) is 72.9 Å². The second kappa shape index (κ2) is 10.4. The van der Waals surface area contributed by atoms with E-state index < -0.39 is 11.9 Å². The van der Waals surface area contributed by atoms with Gasteiger partial charge in [0, 0.05) is 28.3 Å². The van der Waals surface area contributed by atoms with Gasteiger partial charge in [0.15, 0.2) is 0 Å². The molecular formula is C31H32Br2N2O5. The van der Waals surface area contributed by atoms with Crippen LogP contribution >= 0.6 is 31.9 Å². The minimum absolute atomic E-state index is 0.0777. The molecule has 0 radical (unpaired) electrons. The van der Waals surface area contributed by atoms with E-state index in [2.05, 4.69) is 45.7 Å². The van der Waals surface area contributed by atoms with Gasteiger partial charge in [0.05, 0.1) is 23.4 Å². The van der Waals surface area contributed by atoms with Crippen LogP contribution in [-0.4, -0.2) is 39.9 Å². The van der Waals surface area contributed by atoms with Gasteiger partial charge in [-0.3, -0.25) is 19.2 Å². The van der Waals surface area contributed by atoms with Crippen LogP contribution in [0.15, 0.2) is 36.4 Å². The molecule has 40 heavy (non-hydrogen) atoms. The Morgan fingerprint density at radius 1 is 0.950 bits per heavy atom. The fourth-order valence-electron chi connectivity index (χ4n) is 7.37. The summed E-state index contributed by atoms with van der Waals surface area (Å²) in [7, 11) is 0. The zero-order chi connectivity index (χ0) is 28.5. The maximum absolute atomic E-state index is 13.4. The Hall–Kier alpha value is -2.52. The highest BCUT2D eigenvalue weighted by molar-refractivity contribution is 9.12. The molecule has 7 nitrogen and oxygen atoms in total. The Bertz CT molecular complexity index is 1370. The summed E-state index contributed by atoms with van der Waals surface area (Å²) in [6.45, 7) is 6.22. The van der Waals surface area contributed by atoms with E-state index in [1.807, 2.05) is 25.1 Å². The minimum atomic E-state index is -0.576. The molecule has 0 unspecified atom stereocenters. The van der Waals surface area contributed by atoms with Crippen LogP contribution in [0.1, 0.15) is 43.4 Å². The molecule has 0 spiro atoms. The number of para-hydroxylation sites is 1. The zero-order valence-corrected chi connectivity index (χ0v) is 25.9. The SMILES string of the molecule is CCc1cccc(CC)c1N1C[C@H](C(=O)Oc2ccc(N3C(=O)[C@@H]4[C@H]5C[C@@H]([C@H](Br)[C@@H]5Br)[C@@H]4C3=O)c(C)c2)CC1=O. The van der Waals surface area contributed by atoms with Crippen molar-refractivity contribution in [3.05, 3.63) is 53.1 Å². The van der Waals surface area contributed by atoms with E-state index in [1.54, 1.807) is 23.1 Å². The molecule has 4 fully saturated rings. The number of nitrogens with zero attached hydrogens (tertiary/aromatic N) is 2. The molecule has 2 aliphatic carbocycles. The third-order valence-corrected chi connectivity index (χ3v) is 12.5. The summed E-state index contributed by atoms with van der Waals surface area (Å²) < 4.78 is 5.72. The summed E-state index contributed by atoms with van der Waals surface area (Å²) in [6, 6.07) is 11.1. The fourth-order valence-corrected chi connectivity index (χ4v) is 9.24. The molecular weight excluding hydrogens is 640 g/mol. The van der Waals surface area contributed by atoms with Gasteiger partial charge in [0.1, 0.15) is 5.75 Å². The molecule has 210 valence electrons. The Morgan fingerprint density at radius 2 is 1.55 bits per heavy atom. The Balaban J connectivity index is 1.17. The van der Waals surface area contributed by atoms with Crippen molar-refractivity contribution in [3.63, 3.8) is 0 Å². The number of ether oxygens (including phenoxy) is 1. The Morgan fingerprint density at radius 3 is 2.10 bits per heavy atom. The molecule has 9 heteroatoms. The first-order valence-corrected chi connectivity index (χ1v) is 15.9. The van der Waals surface area contributed by atoms with Crippen molar-refractivity contribution in [1.82, 2.24) is 0 Å². The quantitative estimate of drug-likeness (QED) is 0.179. The maximum Gasteiger partial charge on any atom is 0.316 e. The Kier molecular flexibility index (Phi) is 7.18. The van der Waals surface area contributed by atoms with Crippen molar-refractivity contribution in [1.29, 1.82) is 0 Å². The number of aryl methyl sites for hydroxylation is 3. The van der Waals surface area contributed by atoms with Crippen molar-refractivity contribution in [2.75, 3.05) is 16.3 Å². The van der Waals surface area contributed by atoms with Crippen LogP contribution in [0.25, 0.3) is 0 Å². The number of hydrogen-bond acceptors (Lipinski definition) is 5. The molecule has 2 bridgehead atoms. The maximum atomic E-state index is 13.4. The normalized spacial score (nSPS) is 30.9. The van der Waals surface area contributed by atoms with E-state index in [0.717, 1.165) is 36.1 Å². The highest BCUT2D eigenvalue weighted by Crippen LogP contribution is 2.60. The van der Waals surface area contributed by atoms with Gasteiger partial charge in [-0.1, -0.05) is 63.9 Å². The van der Waals surface area contributed by atoms with Crippen molar-refractivity contribution < 1.29 is 23.9 Å². The largest absolute Gasteiger partial charge is 0.426 e. The van der Waals surface area contributed by atoms with Gasteiger partial charge in [-0.2, -0.15) is 0 Å². The number of benzene rings is 2. The summed E-state index contributed by atoms with van der Waals surface area (Å²) in [5, 5.41) is 0.